The number of hydrogen-bond donors (Lipinski definition) is 1. The predicted octanol–water partition coefficient (Wildman–Crippen LogP) is 2.09. The fraction of sp³-hybridized carbons (Fsp3) is 0.0909. The molecule has 0 fully saturated rings. The third kappa shape index (κ3) is 2.21. The van der Waals surface area contributed by atoms with Crippen molar-refractivity contribution in [2.24, 2.45) is 0 Å². The lowest BCUT2D eigenvalue weighted by atomic mass is 10.5. The Bertz CT molecular complexity index is 589. The summed E-state index contributed by atoms with van der Waals surface area (Å²) < 4.78 is 1.12. The lowest BCUT2D eigenvalue weighted by Gasteiger charge is -1.99. The number of pyridine rings is 1. The zero-order valence-corrected chi connectivity index (χ0v) is 9.68. The van der Waals surface area contributed by atoms with Crippen molar-refractivity contribution in [3.05, 3.63) is 42.7 Å². The van der Waals surface area contributed by atoms with Crippen LogP contribution < -0.4 is 5.32 Å². The van der Waals surface area contributed by atoms with Crippen molar-refractivity contribution in [2.75, 3.05) is 5.32 Å². The summed E-state index contributed by atoms with van der Waals surface area (Å²) in [6.45, 7) is 0.577. The lowest BCUT2D eigenvalue weighted by molar-refractivity contribution is 0.947. The molecule has 0 amide bonds. The van der Waals surface area contributed by atoms with E-state index in [4.69, 9.17) is 0 Å². The summed E-state index contributed by atoms with van der Waals surface area (Å²) >= 11 is 1.60. The molecular formula is C11H9N5S. The third-order valence-electron chi connectivity index (χ3n) is 2.21. The molecule has 17 heavy (non-hydrogen) atoms. The van der Waals surface area contributed by atoms with Gasteiger partial charge in [-0.25, -0.2) is 15.0 Å². The number of nitrogens with one attached hydrogen (secondary N) is 1. The van der Waals surface area contributed by atoms with Gasteiger partial charge in [0.2, 0.25) is 0 Å². The van der Waals surface area contributed by atoms with E-state index in [1.165, 1.54) is 0 Å². The van der Waals surface area contributed by atoms with E-state index in [2.05, 4.69) is 25.3 Å². The quantitative estimate of drug-likeness (QED) is 0.763. The molecule has 84 valence electrons. The molecule has 0 unspecified atom stereocenters. The van der Waals surface area contributed by atoms with Gasteiger partial charge in [0.25, 0.3) is 0 Å². The Hall–Kier alpha value is -2.08. The monoisotopic (exact) mass is 243 g/mol. The van der Waals surface area contributed by atoms with Crippen LogP contribution in [0.5, 0.6) is 0 Å². The molecule has 0 saturated carbocycles. The van der Waals surface area contributed by atoms with Crippen molar-refractivity contribution in [1.82, 2.24) is 19.9 Å². The smallest absolute Gasteiger partial charge is 0.184 e. The molecule has 0 aliphatic heterocycles. The largest absolute Gasteiger partial charge is 0.354 e. The molecule has 3 aromatic rings. The van der Waals surface area contributed by atoms with Crippen molar-refractivity contribution >= 4 is 26.7 Å². The SMILES string of the molecule is c1cnc(CNc2nc3cnccc3s2)nc1. The maximum absolute atomic E-state index is 4.42. The maximum atomic E-state index is 4.42. The second-order valence-corrected chi connectivity index (χ2v) is 4.41. The molecule has 3 heterocycles. The first-order chi connectivity index (χ1) is 8.42. The fourth-order valence-corrected chi connectivity index (χ4v) is 2.26. The average molecular weight is 243 g/mol. The number of hydrogen-bond acceptors (Lipinski definition) is 6. The number of rotatable bonds is 3. The molecule has 1 N–H and O–H groups in total. The summed E-state index contributed by atoms with van der Waals surface area (Å²) in [5.41, 5.74) is 0.911. The summed E-state index contributed by atoms with van der Waals surface area (Å²) in [4.78, 5) is 16.7. The molecule has 0 aliphatic carbocycles. The minimum Gasteiger partial charge on any atom is -0.354 e. The topological polar surface area (TPSA) is 63.6 Å². The van der Waals surface area contributed by atoms with Crippen LogP contribution in [-0.4, -0.2) is 19.9 Å². The molecule has 5 nitrogen and oxygen atoms in total. The summed E-state index contributed by atoms with van der Waals surface area (Å²) in [5.74, 6) is 0.755. The zero-order valence-electron chi connectivity index (χ0n) is 8.87. The van der Waals surface area contributed by atoms with Crippen LogP contribution in [0, 0.1) is 0 Å². The lowest BCUT2D eigenvalue weighted by Crippen LogP contribution is -2.02. The number of aromatic nitrogens is 4. The minimum absolute atomic E-state index is 0.577. The highest BCUT2D eigenvalue weighted by Gasteiger charge is 2.03. The van der Waals surface area contributed by atoms with Gasteiger partial charge in [-0.1, -0.05) is 11.3 Å². The van der Waals surface area contributed by atoms with Gasteiger partial charge in [-0.2, -0.15) is 0 Å². The number of fused-ring (bicyclic) bond motifs is 1. The molecule has 6 heteroatoms. The molecular weight excluding hydrogens is 234 g/mol. The number of anilines is 1. The van der Waals surface area contributed by atoms with Crippen molar-refractivity contribution in [3.8, 4) is 0 Å². The Morgan fingerprint density at radius 2 is 2.06 bits per heavy atom. The van der Waals surface area contributed by atoms with Crippen molar-refractivity contribution in [1.29, 1.82) is 0 Å². The van der Waals surface area contributed by atoms with Gasteiger partial charge in [-0.3, -0.25) is 4.98 Å². The number of thiazole rings is 1. The molecule has 0 atom stereocenters. The summed E-state index contributed by atoms with van der Waals surface area (Å²) in [6.07, 6.45) is 6.99. The van der Waals surface area contributed by atoms with E-state index in [1.807, 2.05) is 6.07 Å². The van der Waals surface area contributed by atoms with E-state index in [1.54, 1.807) is 42.2 Å². The van der Waals surface area contributed by atoms with E-state index in [9.17, 15) is 0 Å². The van der Waals surface area contributed by atoms with Crippen LogP contribution in [0.4, 0.5) is 5.13 Å². The van der Waals surface area contributed by atoms with Crippen molar-refractivity contribution in [2.45, 2.75) is 6.54 Å². The first-order valence-corrected chi connectivity index (χ1v) is 5.94. The van der Waals surface area contributed by atoms with Crippen LogP contribution in [0.1, 0.15) is 5.82 Å². The maximum Gasteiger partial charge on any atom is 0.184 e. The minimum atomic E-state index is 0.577. The van der Waals surface area contributed by atoms with E-state index in [0.717, 1.165) is 21.2 Å². The fourth-order valence-electron chi connectivity index (χ4n) is 1.43. The third-order valence-corrected chi connectivity index (χ3v) is 3.20. The van der Waals surface area contributed by atoms with Gasteiger partial charge < -0.3 is 5.32 Å². The Morgan fingerprint density at radius 3 is 2.88 bits per heavy atom. The average Bonchev–Trinajstić information content (AvgIpc) is 2.80. The van der Waals surface area contributed by atoms with Gasteiger partial charge in [-0.15, -0.1) is 0 Å². The van der Waals surface area contributed by atoms with Crippen LogP contribution >= 0.6 is 11.3 Å². The van der Waals surface area contributed by atoms with Gasteiger partial charge >= 0.3 is 0 Å². The van der Waals surface area contributed by atoms with Crippen LogP contribution in [0.25, 0.3) is 10.2 Å². The van der Waals surface area contributed by atoms with Gasteiger partial charge in [-0.05, 0) is 12.1 Å². The second-order valence-electron chi connectivity index (χ2n) is 3.38. The molecule has 0 bridgehead atoms. The van der Waals surface area contributed by atoms with Gasteiger partial charge in [0.15, 0.2) is 5.13 Å². The Morgan fingerprint density at radius 1 is 1.18 bits per heavy atom. The second kappa shape index (κ2) is 4.42. The van der Waals surface area contributed by atoms with Crippen molar-refractivity contribution in [3.63, 3.8) is 0 Å². The normalized spacial score (nSPS) is 10.6. The Labute approximate surface area is 102 Å². The molecule has 3 aromatic heterocycles. The highest BCUT2D eigenvalue weighted by Crippen LogP contribution is 2.24. The van der Waals surface area contributed by atoms with Crippen LogP contribution in [0.15, 0.2) is 36.9 Å². The van der Waals surface area contributed by atoms with Gasteiger partial charge in [0.1, 0.15) is 11.3 Å². The molecule has 0 radical (unpaired) electrons. The summed E-state index contributed by atoms with van der Waals surface area (Å²) in [7, 11) is 0. The molecule has 0 spiro atoms. The molecule has 0 aromatic carbocycles. The van der Waals surface area contributed by atoms with E-state index in [0.29, 0.717) is 6.54 Å². The summed E-state index contributed by atoms with van der Waals surface area (Å²) in [6, 6.07) is 3.75. The Balaban J connectivity index is 1.77. The first-order valence-electron chi connectivity index (χ1n) is 5.12. The van der Waals surface area contributed by atoms with E-state index < -0.39 is 0 Å². The van der Waals surface area contributed by atoms with Crippen molar-refractivity contribution < 1.29 is 0 Å². The van der Waals surface area contributed by atoms with Crippen LogP contribution in [0.2, 0.25) is 0 Å². The predicted molar refractivity (Wildman–Crippen MR) is 66.8 cm³/mol. The zero-order chi connectivity index (χ0) is 11.5. The standard InChI is InChI=1S/C11H9N5S/c1-3-13-10(14-4-1)7-15-11-16-8-6-12-5-2-9(8)17-11/h1-6H,7H2,(H,15,16). The van der Waals surface area contributed by atoms with Gasteiger partial charge in [0.05, 0.1) is 17.4 Å². The highest BCUT2D eigenvalue weighted by molar-refractivity contribution is 7.22. The Kier molecular flexibility index (Phi) is 2.63. The number of nitrogens with zero attached hydrogens (tertiary/aromatic N) is 4. The van der Waals surface area contributed by atoms with E-state index >= 15 is 0 Å². The summed E-state index contributed by atoms with van der Waals surface area (Å²) in [5, 5.41) is 4.07. The van der Waals surface area contributed by atoms with Crippen LogP contribution in [0.3, 0.4) is 0 Å². The van der Waals surface area contributed by atoms with Crippen LogP contribution in [-0.2, 0) is 6.54 Å². The molecule has 0 aliphatic rings. The highest BCUT2D eigenvalue weighted by atomic mass is 32.1. The molecule has 3 rings (SSSR count). The first kappa shape index (κ1) is 10.1. The molecule has 0 saturated heterocycles. The van der Waals surface area contributed by atoms with Gasteiger partial charge in [0, 0.05) is 18.6 Å². The van der Waals surface area contributed by atoms with E-state index in [-0.39, 0.29) is 0 Å².